The van der Waals surface area contributed by atoms with E-state index in [0.29, 0.717) is 5.66 Å². The quantitative estimate of drug-likeness (QED) is 0.639. The Bertz CT molecular complexity index is 382. The Morgan fingerprint density at radius 3 is 2.25 bits per heavy atom. The first kappa shape index (κ1) is 11.9. The number of hydrogen-bond donors (Lipinski definition) is 0. The van der Waals surface area contributed by atoms with Gasteiger partial charge >= 0.3 is 0 Å². The lowest BCUT2D eigenvalue weighted by atomic mass is 10.1. The SMILES string of the molecule is CC(C)P(C(C)C)C1C=Cc2ccccc21. The molecule has 0 radical (unpaired) electrons. The van der Waals surface area contributed by atoms with Crippen LogP contribution in [0, 0.1) is 0 Å². The normalized spacial score (nSPS) is 18.8. The van der Waals surface area contributed by atoms with Gasteiger partial charge in [0.2, 0.25) is 0 Å². The van der Waals surface area contributed by atoms with Crippen molar-refractivity contribution in [2.75, 3.05) is 0 Å². The maximum Gasteiger partial charge on any atom is 0.0234 e. The molecule has 0 amide bonds. The molecule has 1 aromatic carbocycles. The highest BCUT2D eigenvalue weighted by molar-refractivity contribution is 7.59. The molecule has 0 spiro atoms. The Labute approximate surface area is 101 Å². The minimum absolute atomic E-state index is 0.0468. The highest BCUT2D eigenvalue weighted by Crippen LogP contribution is 2.61. The van der Waals surface area contributed by atoms with Crippen LogP contribution in [0.5, 0.6) is 0 Å². The average molecular weight is 232 g/mol. The molecule has 0 bridgehead atoms. The minimum atomic E-state index is 0.0468. The van der Waals surface area contributed by atoms with Gasteiger partial charge in [-0.25, -0.2) is 0 Å². The van der Waals surface area contributed by atoms with Crippen LogP contribution < -0.4 is 0 Å². The van der Waals surface area contributed by atoms with Crippen LogP contribution in [0.4, 0.5) is 0 Å². The zero-order valence-corrected chi connectivity index (χ0v) is 11.5. The first-order chi connectivity index (χ1) is 7.61. The van der Waals surface area contributed by atoms with Gasteiger partial charge in [0.25, 0.3) is 0 Å². The molecule has 2 rings (SSSR count). The molecule has 0 nitrogen and oxygen atoms in total. The lowest BCUT2D eigenvalue weighted by molar-refractivity contribution is 0.976. The molecule has 1 heteroatoms. The molecule has 1 atom stereocenters. The Balaban J connectivity index is 2.33. The standard InChI is InChI=1S/C15H21P/c1-11(2)16(12(3)4)15-10-9-13-7-5-6-8-14(13)15/h5-12,15H,1-4H3. The van der Waals surface area contributed by atoms with Gasteiger partial charge in [0.15, 0.2) is 0 Å². The van der Waals surface area contributed by atoms with Gasteiger partial charge in [0, 0.05) is 5.66 Å². The molecule has 1 aliphatic rings. The molecule has 0 saturated heterocycles. The molecule has 0 aromatic heterocycles. The summed E-state index contributed by atoms with van der Waals surface area (Å²) in [6.07, 6.45) is 4.73. The van der Waals surface area contributed by atoms with Crippen molar-refractivity contribution < 1.29 is 0 Å². The lowest BCUT2D eigenvalue weighted by Gasteiger charge is -2.31. The molecule has 1 unspecified atom stereocenters. The van der Waals surface area contributed by atoms with Crippen LogP contribution in [0.15, 0.2) is 30.3 Å². The van der Waals surface area contributed by atoms with Crippen molar-refractivity contribution in [3.05, 3.63) is 41.5 Å². The van der Waals surface area contributed by atoms with Gasteiger partial charge in [-0.05, 0) is 22.4 Å². The van der Waals surface area contributed by atoms with E-state index in [1.54, 1.807) is 5.56 Å². The van der Waals surface area contributed by atoms with Crippen LogP contribution in [0.1, 0.15) is 44.5 Å². The number of fused-ring (bicyclic) bond motifs is 1. The number of rotatable bonds is 3. The first-order valence-corrected chi connectivity index (χ1v) is 7.70. The number of benzene rings is 1. The predicted octanol–water partition coefficient (Wildman–Crippen LogP) is 5.05. The van der Waals surface area contributed by atoms with Crippen LogP contribution >= 0.6 is 7.92 Å². The van der Waals surface area contributed by atoms with Crippen LogP contribution in [0.3, 0.4) is 0 Å². The van der Waals surface area contributed by atoms with Gasteiger partial charge in [-0.15, -0.1) is 0 Å². The van der Waals surface area contributed by atoms with Crippen molar-refractivity contribution in [2.45, 2.75) is 44.7 Å². The Kier molecular flexibility index (Phi) is 3.50. The molecule has 0 aliphatic heterocycles. The van der Waals surface area contributed by atoms with Crippen molar-refractivity contribution >= 4 is 14.0 Å². The minimum Gasteiger partial charge on any atom is -0.0898 e. The fourth-order valence-corrected chi connectivity index (χ4v) is 6.05. The predicted molar refractivity (Wildman–Crippen MR) is 75.4 cm³/mol. The Hall–Kier alpha value is -0.610. The van der Waals surface area contributed by atoms with Crippen molar-refractivity contribution in [1.82, 2.24) is 0 Å². The van der Waals surface area contributed by atoms with E-state index in [9.17, 15) is 0 Å². The smallest absolute Gasteiger partial charge is 0.0234 e. The van der Waals surface area contributed by atoms with Crippen LogP contribution in [0.2, 0.25) is 0 Å². The fourth-order valence-electron chi connectivity index (χ4n) is 2.73. The second kappa shape index (κ2) is 4.72. The van der Waals surface area contributed by atoms with Crippen molar-refractivity contribution in [2.24, 2.45) is 0 Å². The van der Waals surface area contributed by atoms with Gasteiger partial charge in [-0.3, -0.25) is 0 Å². The van der Waals surface area contributed by atoms with E-state index in [1.807, 2.05) is 0 Å². The molecule has 0 fully saturated rings. The topological polar surface area (TPSA) is 0 Å². The molecule has 1 aromatic rings. The van der Waals surface area contributed by atoms with Crippen LogP contribution in [0.25, 0.3) is 6.08 Å². The number of allylic oxidation sites excluding steroid dienone is 1. The van der Waals surface area contributed by atoms with Crippen LogP contribution in [-0.2, 0) is 0 Å². The summed E-state index contributed by atoms with van der Waals surface area (Å²) < 4.78 is 0. The second-order valence-corrected chi connectivity index (χ2v) is 8.58. The molecular formula is C15H21P. The molecular weight excluding hydrogens is 211 g/mol. The van der Waals surface area contributed by atoms with Crippen LogP contribution in [-0.4, -0.2) is 11.3 Å². The summed E-state index contributed by atoms with van der Waals surface area (Å²) in [4.78, 5) is 0. The monoisotopic (exact) mass is 232 g/mol. The summed E-state index contributed by atoms with van der Waals surface area (Å²) in [5.41, 5.74) is 5.27. The summed E-state index contributed by atoms with van der Waals surface area (Å²) in [6, 6.07) is 8.85. The Morgan fingerprint density at radius 2 is 1.62 bits per heavy atom. The second-order valence-electron chi connectivity index (χ2n) is 5.07. The van der Waals surface area contributed by atoms with E-state index in [0.717, 1.165) is 11.3 Å². The summed E-state index contributed by atoms with van der Waals surface area (Å²) >= 11 is 0. The zero-order valence-electron chi connectivity index (χ0n) is 10.6. The summed E-state index contributed by atoms with van der Waals surface area (Å²) in [6.45, 7) is 9.50. The highest BCUT2D eigenvalue weighted by Gasteiger charge is 2.29. The van der Waals surface area contributed by atoms with Gasteiger partial charge in [0.1, 0.15) is 0 Å². The van der Waals surface area contributed by atoms with E-state index in [4.69, 9.17) is 0 Å². The van der Waals surface area contributed by atoms with E-state index >= 15 is 0 Å². The van der Waals surface area contributed by atoms with Gasteiger partial charge in [0.05, 0.1) is 0 Å². The lowest BCUT2D eigenvalue weighted by Crippen LogP contribution is -2.09. The third-order valence-corrected chi connectivity index (χ3v) is 6.76. The molecule has 0 saturated carbocycles. The maximum absolute atomic E-state index is 2.43. The highest BCUT2D eigenvalue weighted by atomic mass is 31.1. The molecule has 1 aliphatic carbocycles. The third-order valence-electron chi connectivity index (χ3n) is 3.29. The van der Waals surface area contributed by atoms with Gasteiger partial charge < -0.3 is 0 Å². The Morgan fingerprint density at radius 1 is 1.00 bits per heavy atom. The third kappa shape index (κ3) is 2.09. The van der Waals surface area contributed by atoms with E-state index < -0.39 is 0 Å². The summed E-state index contributed by atoms with van der Waals surface area (Å²) in [5.74, 6) is 0. The average Bonchev–Trinajstić information content (AvgIpc) is 2.61. The van der Waals surface area contributed by atoms with E-state index in [1.165, 1.54) is 5.56 Å². The molecule has 0 heterocycles. The first-order valence-electron chi connectivity index (χ1n) is 6.16. The number of hydrogen-bond acceptors (Lipinski definition) is 0. The van der Waals surface area contributed by atoms with Gasteiger partial charge in [-0.2, -0.15) is 0 Å². The van der Waals surface area contributed by atoms with Crippen molar-refractivity contribution in [3.63, 3.8) is 0 Å². The summed E-state index contributed by atoms with van der Waals surface area (Å²) in [7, 11) is 0.0468. The fraction of sp³-hybridized carbons (Fsp3) is 0.467. The molecule has 0 N–H and O–H groups in total. The van der Waals surface area contributed by atoms with Crippen molar-refractivity contribution in [1.29, 1.82) is 0 Å². The largest absolute Gasteiger partial charge is 0.0898 e. The van der Waals surface area contributed by atoms with Gasteiger partial charge in [-0.1, -0.05) is 72.0 Å². The van der Waals surface area contributed by atoms with E-state index in [2.05, 4.69) is 64.1 Å². The van der Waals surface area contributed by atoms with Crippen molar-refractivity contribution in [3.8, 4) is 0 Å². The molecule has 16 heavy (non-hydrogen) atoms. The zero-order chi connectivity index (χ0) is 11.7. The molecule has 86 valence electrons. The van der Waals surface area contributed by atoms with E-state index in [-0.39, 0.29) is 7.92 Å². The summed E-state index contributed by atoms with van der Waals surface area (Å²) in [5, 5.41) is 0. The maximum atomic E-state index is 2.43.